The Labute approximate surface area is 212 Å². The number of aliphatic hydroxyl groups is 1. The second kappa shape index (κ2) is 19.8. The summed E-state index contributed by atoms with van der Waals surface area (Å²) in [5.41, 5.74) is 0. The number of hydrogen-bond donors (Lipinski definition) is 3. The smallest absolute Gasteiger partial charge is 0.808 e. The Kier molecular flexibility index (Phi) is 28.6. The van der Waals surface area contributed by atoms with Gasteiger partial charge in [-0.15, -0.1) is 0 Å². The van der Waals surface area contributed by atoms with Crippen molar-refractivity contribution in [3.05, 3.63) is 0 Å². The van der Waals surface area contributed by atoms with Crippen molar-refractivity contribution in [3.63, 3.8) is 0 Å². The molecule has 0 aromatic carbocycles. The van der Waals surface area contributed by atoms with Crippen LogP contribution in [0.1, 0.15) is 64.7 Å². The first-order valence-corrected chi connectivity index (χ1v) is 11.6. The SMILES string of the molecule is CCCCCCCCCN(C)CCCC(O)(P(=O)([O-])[O-])P(=O)(O)O.O.O.[Na+].[Na+]. The third kappa shape index (κ3) is 15.9. The van der Waals surface area contributed by atoms with Gasteiger partial charge >= 0.3 is 66.7 Å². The second-order valence-corrected chi connectivity index (χ2v) is 10.3. The second-order valence-electron chi connectivity index (χ2n) is 6.34. The van der Waals surface area contributed by atoms with E-state index in [1.54, 1.807) is 0 Å². The fourth-order valence-corrected chi connectivity index (χ4v) is 4.64. The maximum Gasteiger partial charge on any atom is 1.00 e. The summed E-state index contributed by atoms with van der Waals surface area (Å²) < 4.78 is 22.2. The van der Waals surface area contributed by atoms with Crippen molar-refractivity contribution in [2.24, 2.45) is 0 Å². The average molecular weight is 469 g/mol. The molecule has 10 nitrogen and oxygen atoms in total. The molecule has 0 bridgehead atoms. The largest absolute Gasteiger partial charge is 1.00 e. The summed E-state index contributed by atoms with van der Waals surface area (Å²) in [5.74, 6) is 0. The van der Waals surface area contributed by atoms with Gasteiger partial charge in [0.1, 0.15) is 0 Å². The Balaban J connectivity index is -0.000000441. The molecular weight excluding hydrogens is 434 g/mol. The number of unbranched alkanes of at least 4 members (excludes halogenated alkanes) is 6. The minimum Gasteiger partial charge on any atom is -0.808 e. The molecule has 0 radical (unpaired) electrons. The molecule has 0 aliphatic rings. The zero-order valence-corrected chi connectivity index (χ0v) is 23.4. The quantitative estimate of drug-likeness (QED) is 0.126. The van der Waals surface area contributed by atoms with Gasteiger partial charge < -0.3 is 45.1 Å². The topological polar surface area (TPSA) is 207 Å². The van der Waals surface area contributed by atoms with Crippen LogP contribution in [0.2, 0.25) is 0 Å². The Bertz CT molecular complexity index is 427. The average Bonchev–Trinajstić information content (AvgIpc) is 2.43. The molecule has 162 valence electrons. The monoisotopic (exact) mass is 469 g/mol. The van der Waals surface area contributed by atoms with Crippen LogP contribution in [0, 0.1) is 0 Å². The van der Waals surface area contributed by atoms with Gasteiger partial charge in [-0.3, -0.25) is 4.57 Å². The summed E-state index contributed by atoms with van der Waals surface area (Å²) in [6.07, 6.45) is 7.40. The minimum absolute atomic E-state index is 0. The van der Waals surface area contributed by atoms with E-state index in [1.807, 2.05) is 11.9 Å². The summed E-state index contributed by atoms with van der Waals surface area (Å²) in [7, 11) is -9.49. The van der Waals surface area contributed by atoms with Gasteiger partial charge in [-0.25, -0.2) is 0 Å². The van der Waals surface area contributed by atoms with E-state index < -0.39 is 26.7 Å². The van der Waals surface area contributed by atoms with E-state index in [1.165, 1.54) is 32.1 Å². The van der Waals surface area contributed by atoms with Gasteiger partial charge in [0, 0.05) is 0 Å². The van der Waals surface area contributed by atoms with E-state index in [9.17, 15) is 24.0 Å². The molecule has 1 unspecified atom stereocenters. The first-order chi connectivity index (χ1) is 11.0. The van der Waals surface area contributed by atoms with Gasteiger partial charge in [0.25, 0.3) is 0 Å². The zero-order valence-electron chi connectivity index (χ0n) is 17.6. The van der Waals surface area contributed by atoms with Crippen molar-refractivity contribution < 1.29 is 104 Å². The maximum atomic E-state index is 11.2. The molecule has 0 aromatic rings. The van der Waals surface area contributed by atoms with Gasteiger partial charge in [0.15, 0.2) is 5.08 Å². The van der Waals surface area contributed by atoms with Crippen LogP contribution in [0.5, 0.6) is 0 Å². The molecule has 0 heterocycles. The fraction of sp³-hybridized carbons (Fsp3) is 1.00. The van der Waals surface area contributed by atoms with Crippen molar-refractivity contribution >= 4 is 15.2 Å². The summed E-state index contributed by atoms with van der Waals surface area (Å²) >= 11 is 0. The molecular formula is C14H35NNa2O9P2. The number of nitrogens with zero attached hydrogens (tertiary/aromatic N) is 1. The minimum atomic E-state index is -5.83. The van der Waals surface area contributed by atoms with E-state index in [0.717, 1.165) is 19.4 Å². The van der Waals surface area contributed by atoms with E-state index >= 15 is 0 Å². The Morgan fingerprint density at radius 1 is 0.857 bits per heavy atom. The Hall–Kier alpha value is 2.14. The third-order valence-electron chi connectivity index (χ3n) is 4.10. The maximum absolute atomic E-state index is 11.2. The molecule has 0 saturated heterocycles. The normalized spacial score (nSPS) is 13.4. The molecule has 0 rings (SSSR count). The first-order valence-electron chi connectivity index (χ1n) is 8.44. The van der Waals surface area contributed by atoms with Gasteiger partial charge in [-0.05, 0) is 47.0 Å². The van der Waals surface area contributed by atoms with Crippen LogP contribution in [0.15, 0.2) is 0 Å². The van der Waals surface area contributed by atoms with Crippen LogP contribution in [-0.4, -0.2) is 56.0 Å². The molecule has 0 aliphatic carbocycles. The summed E-state index contributed by atoms with van der Waals surface area (Å²) in [6.45, 7) is 3.29. The fourth-order valence-electron chi connectivity index (χ4n) is 2.48. The van der Waals surface area contributed by atoms with Crippen molar-refractivity contribution in [2.75, 3.05) is 20.1 Å². The van der Waals surface area contributed by atoms with Gasteiger partial charge in [-0.1, -0.05) is 45.4 Å². The van der Waals surface area contributed by atoms with Crippen molar-refractivity contribution in [2.45, 2.75) is 69.8 Å². The molecule has 0 amide bonds. The summed E-state index contributed by atoms with van der Waals surface area (Å²) in [6, 6.07) is 0. The molecule has 7 N–H and O–H groups in total. The molecule has 0 saturated carbocycles. The predicted octanol–water partition coefficient (Wildman–Crippen LogP) is -6.45. The van der Waals surface area contributed by atoms with Gasteiger partial charge in [-0.2, -0.15) is 0 Å². The molecule has 28 heavy (non-hydrogen) atoms. The zero-order chi connectivity index (χ0) is 18.9. The van der Waals surface area contributed by atoms with Crippen LogP contribution >= 0.6 is 15.2 Å². The van der Waals surface area contributed by atoms with Crippen LogP contribution in [-0.2, 0) is 9.13 Å². The first kappa shape index (κ1) is 40.5. The summed E-state index contributed by atoms with van der Waals surface area (Å²) in [4.78, 5) is 41.9. The molecule has 14 heteroatoms. The van der Waals surface area contributed by atoms with Crippen LogP contribution in [0.3, 0.4) is 0 Å². The van der Waals surface area contributed by atoms with Gasteiger partial charge in [0.2, 0.25) is 0 Å². The molecule has 0 aromatic heterocycles. The molecule has 0 aliphatic heterocycles. The van der Waals surface area contributed by atoms with Crippen LogP contribution < -0.4 is 68.9 Å². The van der Waals surface area contributed by atoms with E-state index in [-0.39, 0.29) is 76.5 Å². The van der Waals surface area contributed by atoms with Crippen molar-refractivity contribution in [3.8, 4) is 0 Å². The Morgan fingerprint density at radius 2 is 1.25 bits per heavy atom. The Morgan fingerprint density at radius 3 is 1.64 bits per heavy atom. The standard InChI is InChI=1S/C14H33NO7P2.2Na.2H2O/c1-3-4-5-6-7-8-9-12-15(2)13-10-11-14(16,23(17,18)19)24(20,21)22;;;;/h16H,3-13H2,1-2H3,(H2,17,18,19)(H2,20,21,22);;;2*1H2/q;2*+1;;/p-2. The van der Waals surface area contributed by atoms with Crippen molar-refractivity contribution in [1.82, 2.24) is 4.90 Å². The molecule has 0 spiro atoms. The number of rotatable bonds is 14. The van der Waals surface area contributed by atoms with E-state index in [4.69, 9.17) is 9.79 Å². The third-order valence-corrected chi connectivity index (χ3v) is 7.87. The van der Waals surface area contributed by atoms with Gasteiger partial charge in [0.05, 0.1) is 0 Å². The van der Waals surface area contributed by atoms with Crippen LogP contribution in [0.4, 0.5) is 0 Å². The predicted molar refractivity (Wildman–Crippen MR) is 96.6 cm³/mol. The van der Waals surface area contributed by atoms with Crippen LogP contribution in [0.25, 0.3) is 0 Å². The summed E-state index contributed by atoms with van der Waals surface area (Å²) in [5, 5.41) is 6.13. The number of hydrogen-bond acceptors (Lipinski definition) is 6. The molecule has 1 atom stereocenters. The van der Waals surface area contributed by atoms with Crippen molar-refractivity contribution in [1.29, 1.82) is 0 Å². The molecule has 0 fully saturated rings. The van der Waals surface area contributed by atoms with E-state index in [2.05, 4.69) is 6.92 Å². The van der Waals surface area contributed by atoms with E-state index in [0.29, 0.717) is 6.54 Å².